The highest BCUT2D eigenvalue weighted by Crippen LogP contribution is 2.15. The lowest BCUT2D eigenvalue weighted by Gasteiger charge is -2.19. The molecule has 0 fully saturated rings. The van der Waals surface area contributed by atoms with Crippen molar-refractivity contribution in [1.82, 2.24) is 15.4 Å². The van der Waals surface area contributed by atoms with Crippen LogP contribution in [-0.2, 0) is 27.8 Å². The minimum Gasteiger partial charge on any atom is -0.355 e. The van der Waals surface area contributed by atoms with Gasteiger partial charge >= 0.3 is 0 Å². The molecule has 0 radical (unpaired) electrons. The maximum Gasteiger partial charge on any atom is 0.250 e. The Kier molecular flexibility index (Phi) is 10.7. The average molecular weight is 466 g/mol. The van der Waals surface area contributed by atoms with Crippen LogP contribution in [0.5, 0.6) is 0 Å². The molecule has 8 heteroatoms. The molecule has 0 saturated heterocycles. The predicted octanol–water partition coefficient (Wildman–Crippen LogP) is 3.69. The Labute approximate surface area is 190 Å². The lowest BCUT2D eigenvalue weighted by atomic mass is 10.1. The Morgan fingerprint density at radius 1 is 1.10 bits per heavy atom. The summed E-state index contributed by atoms with van der Waals surface area (Å²) in [6, 6.07) is 10.9. The van der Waals surface area contributed by atoms with Gasteiger partial charge < -0.3 is 10.6 Å². The van der Waals surface area contributed by atoms with E-state index in [1.807, 2.05) is 0 Å². The number of carbonyl (C=O) groups is 1. The normalized spacial score (nSPS) is 12.8. The van der Waals surface area contributed by atoms with Crippen LogP contribution in [0.25, 0.3) is 0 Å². The zero-order valence-corrected chi connectivity index (χ0v) is 20.3. The first kappa shape index (κ1) is 25.5. The lowest BCUT2D eigenvalue weighted by Crippen LogP contribution is -2.50. The van der Waals surface area contributed by atoms with Gasteiger partial charge in [0.05, 0.1) is 0 Å². The van der Waals surface area contributed by atoms with Gasteiger partial charge in [-0.1, -0.05) is 57.5 Å². The molecule has 0 bridgehead atoms. The summed E-state index contributed by atoms with van der Waals surface area (Å²) in [7, 11) is -3.63. The second kappa shape index (κ2) is 13.0. The number of unbranched alkanes of at least 4 members (excludes halogenated alkanes) is 1. The Balaban J connectivity index is 1.98. The highest BCUT2D eigenvalue weighted by Gasteiger charge is 2.22. The quantitative estimate of drug-likeness (QED) is 0.397. The van der Waals surface area contributed by atoms with Crippen molar-refractivity contribution < 1.29 is 13.2 Å². The molecule has 6 nitrogen and oxygen atoms in total. The summed E-state index contributed by atoms with van der Waals surface area (Å²) in [6.45, 7) is 7.41. The Morgan fingerprint density at radius 3 is 2.42 bits per heavy atom. The van der Waals surface area contributed by atoms with Crippen molar-refractivity contribution in [3.05, 3.63) is 52.9 Å². The van der Waals surface area contributed by atoms with Gasteiger partial charge in [-0.05, 0) is 47.8 Å². The first-order valence-corrected chi connectivity index (χ1v) is 13.3. The lowest BCUT2D eigenvalue weighted by molar-refractivity contribution is -0.123. The third-order valence-electron chi connectivity index (χ3n) is 4.97. The second-order valence-corrected chi connectivity index (χ2v) is 11.1. The van der Waals surface area contributed by atoms with E-state index >= 15 is 0 Å². The highest BCUT2D eigenvalue weighted by molar-refractivity contribution is 7.91. The summed E-state index contributed by atoms with van der Waals surface area (Å²) in [5.74, 6) is 0.282. The summed E-state index contributed by atoms with van der Waals surface area (Å²) in [4.78, 5) is 12.7. The largest absolute Gasteiger partial charge is 0.355 e. The van der Waals surface area contributed by atoms with Crippen molar-refractivity contribution in [2.45, 2.75) is 63.3 Å². The number of hydrogen-bond acceptors (Lipinski definition) is 5. The smallest absolute Gasteiger partial charge is 0.250 e. The molecule has 3 N–H and O–H groups in total. The summed E-state index contributed by atoms with van der Waals surface area (Å²) in [6.07, 6.45) is 4.27. The highest BCUT2D eigenvalue weighted by atomic mass is 32.2. The molecule has 2 rings (SSSR count). The van der Waals surface area contributed by atoms with Crippen LogP contribution in [0.15, 0.2) is 46.0 Å². The van der Waals surface area contributed by atoms with Gasteiger partial charge in [-0.2, -0.15) is 0 Å². The molecule has 1 heterocycles. The number of rotatable bonds is 14. The number of nitrogens with one attached hydrogen (secondary N) is 3. The molecular weight excluding hydrogens is 430 g/mol. The van der Waals surface area contributed by atoms with Crippen LogP contribution in [0, 0.1) is 5.92 Å². The third-order valence-corrected chi connectivity index (χ3v) is 7.79. The number of sulfonamides is 1. The van der Waals surface area contributed by atoms with Crippen LogP contribution in [-0.4, -0.2) is 33.5 Å². The molecule has 1 atom stereocenters. The fourth-order valence-electron chi connectivity index (χ4n) is 2.99. The van der Waals surface area contributed by atoms with E-state index in [1.54, 1.807) is 17.5 Å². The van der Waals surface area contributed by atoms with E-state index in [-0.39, 0.29) is 16.7 Å². The molecule has 1 aromatic carbocycles. The number of hydrogen-bond donors (Lipinski definition) is 3. The molecule has 0 aliphatic carbocycles. The molecular formula is C23H35N3O3S2. The first-order valence-electron chi connectivity index (χ1n) is 10.9. The summed E-state index contributed by atoms with van der Waals surface area (Å²) in [5.41, 5.74) is 2.36. The van der Waals surface area contributed by atoms with Gasteiger partial charge in [0.2, 0.25) is 15.9 Å². The Morgan fingerprint density at radius 2 is 1.81 bits per heavy atom. The monoisotopic (exact) mass is 465 g/mol. The number of aryl methyl sites for hydroxylation is 1. The van der Waals surface area contributed by atoms with E-state index in [1.165, 1.54) is 12.0 Å². The van der Waals surface area contributed by atoms with E-state index in [0.29, 0.717) is 19.0 Å². The number of benzene rings is 1. The maximum absolute atomic E-state index is 12.7. The summed E-state index contributed by atoms with van der Waals surface area (Å²) in [5, 5.41) is 7.85. The van der Waals surface area contributed by atoms with Crippen LogP contribution >= 0.6 is 11.3 Å². The van der Waals surface area contributed by atoms with Gasteiger partial charge in [0.15, 0.2) is 0 Å². The predicted molar refractivity (Wildman–Crippen MR) is 128 cm³/mol. The zero-order chi connectivity index (χ0) is 22.7. The number of thiophene rings is 1. The minimum absolute atomic E-state index is 0.0116. The van der Waals surface area contributed by atoms with E-state index in [4.69, 9.17) is 0 Å². The van der Waals surface area contributed by atoms with E-state index < -0.39 is 16.1 Å². The van der Waals surface area contributed by atoms with Crippen molar-refractivity contribution in [3.63, 3.8) is 0 Å². The van der Waals surface area contributed by atoms with Crippen LogP contribution in [0.1, 0.15) is 51.2 Å². The molecule has 31 heavy (non-hydrogen) atoms. The van der Waals surface area contributed by atoms with Crippen molar-refractivity contribution in [2.75, 3.05) is 13.1 Å². The maximum atomic E-state index is 12.7. The van der Waals surface area contributed by atoms with Crippen molar-refractivity contribution in [1.29, 1.82) is 0 Å². The molecule has 172 valence electrons. The van der Waals surface area contributed by atoms with Gasteiger partial charge in [0, 0.05) is 19.6 Å². The van der Waals surface area contributed by atoms with Crippen LogP contribution in [0.4, 0.5) is 0 Å². The fraction of sp³-hybridized carbons (Fsp3) is 0.522. The third kappa shape index (κ3) is 9.11. The average Bonchev–Trinajstić information content (AvgIpc) is 3.28. The van der Waals surface area contributed by atoms with E-state index in [2.05, 4.69) is 60.4 Å². The first-order chi connectivity index (χ1) is 14.8. The molecule has 1 amide bonds. The van der Waals surface area contributed by atoms with Crippen LogP contribution < -0.4 is 15.4 Å². The fourth-order valence-corrected chi connectivity index (χ4v) is 5.08. The van der Waals surface area contributed by atoms with Crippen molar-refractivity contribution >= 4 is 27.3 Å². The van der Waals surface area contributed by atoms with E-state index in [9.17, 15) is 13.2 Å². The van der Waals surface area contributed by atoms with Gasteiger partial charge in [-0.3, -0.25) is 4.79 Å². The summed E-state index contributed by atoms with van der Waals surface area (Å²) < 4.78 is 27.7. The molecule has 0 aliphatic heterocycles. The van der Waals surface area contributed by atoms with Crippen LogP contribution in [0.3, 0.4) is 0 Å². The SMILES string of the molecule is CCCCc1ccc(CN[C@@H](CNS(=O)(=O)c2cccs2)C(=O)NCCC(C)C)cc1. The van der Waals surface area contributed by atoms with Crippen molar-refractivity contribution in [3.8, 4) is 0 Å². The number of carbonyl (C=O) groups excluding carboxylic acids is 1. The van der Waals surface area contributed by atoms with Gasteiger partial charge in [-0.15, -0.1) is 11.3 Å². The van der Waals surface area contributed by atoms with Gasteiger partial charge in [-0.25, -0.2) is 13.1 Å². The zero-order valence-electron chi connectivity index (χ0n) is 18.7. The molecule has 2 aromatic rings. The molecule has 0 unspecified atom stereocenters. The van der Waals surface area contributed by atoms with Gasteiger partial charge in [0.1, 0.15) is 10.3 Å². The topological polar surface area (TPSA) is 87.3 Å². The second-order valence-electron chi connectivity index (χ2n) is 8.11. The van der Waals surface area contributed by atoms with Crippen molar-refractivity contribution in [2.24, 2.45) is 5.92 Å². The Bertz CT molecular complexity index is 879. The molecule has 1 aromatic heterocycles. The molecule has 0 spiro atoms. The number of amides is 1. The molecule has 0 aliphatic rings. The minimum atomic E-state index is -3.63. The van der Waals surface area contributed by atoms with Crippen LogP contribution in [0.2, 0.25) is 0 Å². The van der Waals surface area contributed by atoms with E-state index in [0.717, 1.165) is 36.2 Å². The molecule has 0 saturated carbocycles. The Hall–Kier alpha value is -1.74. The summed E-state index contributed by atoms with van der Waals surface area (Å²) >= 11 is 1.15. The van der Waals surface area contributed by atoms with Gasteiger partial charge in [0.25, 0.3) is 0 Å². The standard InChI is InChI=1S/C23H35N3O3S2/c1-4-5-7-19-9-11-20(12-10-19)16-25-21(23(27)24-14-13-18(2)3)17-26-31(28,29)22-8-6-15-30-22/h6,8-12,15,18,21,25-26H,4-5,7,13-14,16-17H2,1-3H3,(H,24,27)/t21-/m0/s1.